The van der Waals surface area contributed by atoms with Gasteiger partial charge in [0.05, 0.1) is 31.6 Å². The third kappa shape index (κ3) is 5.70. The van der Waals surface area contributed by atoms with Gasteiger partial charge in [0, 0.05) is 49.5 Å². The molecule has 43 heavy (non-hydrogen) atoms. The molecule has 6 rings (SSSR count). The van der Waals surface area contributed by atoms with E-state index in [1.54, 1.807) is 31.5 Å². The summed E-state index contributed by atoms with van der Waals surface area (Å²) in [5.41, 5.74) is 4.44. The molecular formula is C32H32FN5O5. The molecule has 1 saturated carbocycles. The lowest BCUT2D eigenvalue weighted by molar-refractivity contribution is 0.0953. The van der Waals surface area contributed by atoms with Crippen molar-refractivity contribution in [1.82, 2.24) is 9.99 Å². The first-order chi connectivity index (χ1) is 20.9. The van der Waals surface area contributed by atoms with Crippen LogP contribution in [-0.2, 0) is 0 Å². The largest absolute Gasteiger partial charge is 0.504 e. The van der Waals surface area contributed by atoms with Crippen molar-refractivity contribution in [1.29, 1.82) is 0 Å². The van der Waals surface area contributed by atoms with E-state index in [2.05, 4.69) is 15.4 Å². The van der Waals surface area contributed by atoms with Crippen LogP contribution >= 0.6 is 0 Å². The second-order valence-electron chi connectivity index (χ2n) is 10.6. The van der Waals surface area contributed by atoms with Crippen molar-refractivity contribution >= 4 is 34.4 Å². The predicted molar refractivity (Wildman–Crippen MR) is 164 cm³/mol. The van der Waals surface area contributed by atoms with Crippen LogP contribution in [0.25, 0.3) is 10.9 Å². The van der Waals surface area contributed by atoms with E-state index in [0.29, 0.717) is 29.9 Å². The van der Waals surface area contributed by atoms with E-state index in [1.165, 1.54) is 25.5 Å². The molecule has 11 heteroatoms. The van der Waals surface area contributed by atoms with E-state index in [0.717, 1.165) is 37.4 Å². The molecule has 1 aliphatic carbocycles. The molecule has 2 N–H and O–H groups in total. The number of aromatic hydroxyl groups is 1. The third-order valence-corrected chi connectivity index (χ3v) is 7.93. The fraction of sp³-hybridized carbons (Fsp3) is 0.281. The summed E-state index contributed by atoms with van der Waals surface area (Å²) in [5, 5.41) is 13.9. The summed E-state index contributed by atoms with van der Waals surface area (Å²) in [6, 6.07) is 15.6. The van der Waals surface area contributed by atoms with Gasteiger partial charge in [-0.15, -0.1) is 0 Å². The number of phenols is 1. The molecule has 1 aromatic heterocycles. The second kappa shape index (κ2) is 11.7. The van der Waals surface area contributed by atoms with Gasteiger partial charge in [0.25, 0.3) is 5.91 Å². The highest BCUT2D eigenvalue weighted by Gasteiger charge is 2.28. The maximum Gasteiger partial charge on any atom is 0.276 e. The molecule has 2 fully saturated rings. The summed E-state index contributed by atoms with van der Waals surface area (Å²) in [5.74, 6) is -0.153. The lowest BCUT2D eigenvalue weighted by Crippen LogP contribution is -2.46. The number of hydrazone groups is 1. The summed E-state index contributed by atoms with van der Waals surface area (Å²) >= 11 is 0. The lowest BCUT2D eigenvalue weighted by atomic mass is 10.1. The molecule has 1 aliphatic heterocycles. The molecule has 0 bridgehead atoms. The molecule has 0 radical (unpaired) electrons. The number of piperazine rings is 1. The van der Waals surface area contributed by atoms with E-state index in [-0.39, 0.29) is 28.5 Å². The minimum absolute atomic E-state index is 0.0216. The molecule has 0 unspecified atom stereocenters. The highest BCUT2D eigenvalue weighted by atomic mass is 19.1. The van der Waals surface area contributed by atoms with Gasteiger partial charge in [0.2, 0.25) is 5.43 Å². The van der Waals surface area contributed by atoms with Crippen LogP contribution in [0.2, 0.25) is 0 Å². The minimum atomic E-state index is -0.692. The number of hydrogen-bond acceptors (Lipinski definition) is 8. The zero-order chi connectivity index (χ0) is 30.1. The Morgan fingerprint density at radius 1 is 1.00 bits per heavy atom. The quantitative estimate of drug-likeness (QED) is 0.235. The number of carbonyl (C=O) groups is 1. The Bertz CT molecular complexity index is 1760. The fourth-order valence-corrected chi connectivity index (χ4v) is 5.42. The number of hydrogen-bond donors (Lipinski definition) is 2. The Balaban J connectivity index is 1.23. The van der Waals surface area contributed by atoms with Gasteiger partial charge in [-0.3, -0.25) is 9.59 Å². The smallest absolute Gasteiger partial charge is 0.276 e. The number of benzene rings is 3. The van der Waals surface area contributed by atoms with Gasteiger partial charge in [-0.2, -0.15) is 5.10 Å². The van der Waals surface area contributed by atoms with E-state index >= 15 is 4.39 Å². The first-order valence-electron chi connectivity index (χ1n) is 14.1. The van der Waals surface area contributed by atoms with Crippen molar-refractivity contribution < 1.29 is 23.8 Å². The van der Waals surface area contributed by atoms with Gasteiger partial charge in [0.15, 0.2) is 11.5 Å². The van der Waals surface area contributed by atoms with Crippen LogP contribution in [0.15, 0.2) is 70.7 Å². The standard InChI is InChI=1S/C32H32FN5O5/c1-42-23-8-6-21(7-9-23)36-11-13-37(14-12-36)28-17-27-24(16-26(28)33)31(40)25(19-38(27)22-4-5-22)32(41)35-34-18-20-3-10-29(39)30(15-20)43-2/h3,6-10,15-19,22,39H,4-5,11-14H2,1-2H3,(H,35,41)/b34-18-. The molecule has 10 nitrogen and oxygen atoms in total. The van der Waals surface area contributed by atoms with Gasteiger partial charge in [-0.25, -0.2) is 9.82 Å². The number of fused-ring (bicyclic) bond motifs is 1. The number of halogens is 1. The summed E-state index contributed by atoms with van der Waals surface area (Å²) in [6.07, 6.45) is 4.75. The van der Waals surface area contributed by atoms with Crippen molar-refractivity contribution in [2.45, 2.75) is 18.9 Å². The van der Waals surface area contributed by atoms with Crippen molar-refractivity contribution in [2.75, 3.05) is 50.2 Å². The Morgan fingerprint density at radius 2 is 1.72 bits per heavy atom. The molecule has 1 saturated heterocycles. The Morgan fingerprint density at radius 3 is 2.40 bits per heavy atom. The van der Waals surface area contributed by atoms with Crippen LogP contribution in [0.3, 0.4) is 0 Å². The molecular weight excluding hydrogens is 553 g/mol. The second-order valence-corrected chi connectivity index (χ2v) is 10.6. The zero-order valence-corrected chi connectivity index (χ0v) is 23.9. The van der Waals surface area contributed by atoms with Crippen LogP contribution in [-0.4, -0.2) is 62.2 Å². The van der Waals surface area contributed by atoms with E-state index < -0.39 is 17.2 Å². The van der Waals surface area contributed by atoms with E-state index in [1.807, 2.05) is 33.7 Å². The molecule has 4 aromatic rings. The third-order valence-electron chi connectivity index (χ3n) is 7.93. The van der Waals surface area contributed by atoms with Crippen molar-refractivity contribution in [3.8, 4) is 17.2 Å². The predicted octanol–water partition coefficient (Wildman–Crippen LogP) is 4.29. The number of amides is 1. The number of nitrogens with zero attached hydrogens (tertiary/aromatic N) is 4. The van der Waals surface area contributed by atoms with Crippen molar-refractivity contribution in [3.05, 3.63) is 88.0 Å². The monoisotopic (exact) mass is 585 g/mol. The van der Waals surface area contributed by atoms with Gasteiger partial charge >= 0.3 is 0 Å². The average Bonchev–Trinajstić information content (AvgIpc) is 3.88. The molecule has 2 heterocycles. The highest BCUT2D eigenvalue weighted by molar-refractivity contribution is 5.98. The highest BCUT2D eigenvalue weighted by Crippen LogP contribution is 2.38. The summed E-state index contributed by atoms with van der Waals surface area (Å²) in [6.45, 7) is 2.67. The average molecular weight is 586 g/mol. The first kappa shape index (κ1) is 28.1. The van der Waals surface area contributed by atoms with E-state index in [9.17, 15) is 14.7 Å². The van der Waals surface area contributed by atoms with Gasteiger partial charge in [-0.1, -0.05) is 0 Å². The van der Waals surface area contributed by atoms with Gasteiger partial charge in [-0.05, 0) is 73.0 Å². The van der Waals surface area contributed by atoms with E-state index in [4.69, 9.17) is 9.47 Å². The first-order valence-corrected chi connectivity index (χ1v) is 14.1. The maximum atomic E-state index is 15.6. The van der Waals surface area contributed by atoms with Gasteiger partial charge in [0.1, 0.15) is 17.1 Å². The Kier molecular flexibility index (Phi) is 7.62. The molecule has 0 atom stereocenters. The number of methoxy groups -OCH3 is 2. The fourth-order valence-electron chi connectivity index (χ4n) is 5.42. The molecule has 3 aromatic carbocycles. The number of rotatable bonds is 8. The maximum absolute atomic E-state index is 15.6. The summed E-state index contributed by atoms with van der Waals surface area (Å²) in [7, 11) is 3.07. The normalized spacial score (nSPS) is 15.2. The molecule has 2 aliphatic rings. The van der Waals surface area contributed by atoms with Crippen LogP contribution in [0, 0.1) is 5.82 Å². The summed E-state index contributed by atoms with van der Waals surface area (Å²) in [4.78, 5) is 30.7. The number of phenolic OH excluding ortho intramolecular Hbond substituents is 1. The van der Waals surface area contributed by atoms with Crippen LogP contribution in [0.1, 0.15) is 34.8 Å². The number of nitrogens with one attached hydrogen (secondary N) is 1. The van der Waals surface area contributed by atoms with Crippen molar-refractivity contribution in [2.24, 2.45) is 5.10 Å². The number of carbonyl (C=O) groups excluding carboxylic acids is 1. The lowest BCUT2D eigenvalue weighted by Gasteiger charge is -2.37. The Labute approximate surface area is 247 Å². The van der Waals surface area contributed by atoms with Crippen LogP contribution in [0.5, 0.6) is 17.2 Å². The van der Waals surface area contributed by atoms with Crippen LogP contribution in [0.4, 0.5) is 15.8 Å². The SMILES string of the molecule is COc1ccc(N2CCN(c3cc4c(cc3F)c(=O)c(C(=O)N/N=C\c3ccc(O)c(OC)c3)cn4C3CC3)CC2)cc1. The Hall–Kier alpha value is -5.06. The number of aromatic nitrogens is 1. The molecule has 1 amide bonds. The zero-order valence-electron chi connectivity index (χ0n) is 23.9. The topological polar surface area (TPSA) is 109 Å². The molecule has 222 valence electrons. The van der Waals surface area contributed by atoms with Crippen molar-refractivity contribution in [3.63, 3.8) is 0 Å². The molecule has 0 spiro atoms. The van der Waals surface area contributed by atoms with Crippen LogP contribution < -0.4 is 30.1 Å². The number of anilines is 2. The number of pyridine rings is 1. The minimum Gasteiger partial charge on any atom is -0.504 e. The van der Waals surface area contributed by atoms with Gasteiger partial charge < -0.3 is 28.9 Å². The summed E-state index contributed by atoms with van der Waals surface area (Å²) < 4.78 is 27.8. The number of ether oxygens (including phenoxy) is 2.